The Morgan fingerprint density at radius 1 is 1.83 bits per heavy atom. The van der Waals surface area contributed by atoms with E-state index in [0.29, 0.717) is 0 Å². The van der Waals surface area contributed by atoms with Gasteiger partial charge in [-0.3, -0.25) is 0 Å². The molecule has 0 amide bonds. The Bertz CT molecular complexity index is 114. The molecule has 0 radical (unpaired) electrons. The van der Waals surface area contributed by atoms with Gasteiger partial charge in [0.15, 0.2) is 0 Å². The molecule has 32 valence electrons. The summed E-state index contributed by atoms with van der Waals surface area (Å²) in [7, 11) is 0. The fourth-order valence-corrected chi connectivity index (χ4v) is 1.17. The van der Waals surface area contributed by atoms with Crippen LogP contribution < -0.4 is 0 Å². The third-order valence-corrected chi connectivity index (χ3v) is 1.64. The van der Waals surface area contributed by atoms with Crippen LogP contribution in [0.15, 0.2) is 16.0 Å². The molecule has 6 heavy (non-hydrogen) atoms. The van der Waals surface area contributed by atoms with Crippen LogP contribution in [0.5, 0.6) is 0 Å². The van der Waals surface area contributed by atoms with Crippen LogP contribution in [0.3, 0.4) is 0 Å². The average Bonchev–Trinajstić information content (AvgIpc) is 1.86. The Balaban J connectivity index is 3.05. The summed E-state index contributed by atoms with van der Waals surface area (Å²) in [5.41, 5.74) is 0. The van der Waals surface area contributed by atoms with E-state index in [1.54, 1.807) is 0 Å². The smallest absolute Gasteiger partial charge is 0.119 e. The van der Waals surface area contributed by atoms with Gasteiger partial charge in [0.05, 0.1) is 0 Å². The van der Waals surface area contributed by atoms with Crippen LogP contribution in [0.25, 0.3) is 0 Å². The van der Waals surface area contributed by atoms with Crippen LogP contribution >= 0.6 is 27.5 Å². The molecule has 1 nitrogen and oxygen atoms in total. The highest BCUT2D eigenvalue weighted by atomic mass is 79.9. The fourth-order valence-electron chi connectivity index (χ4n) is 0.198. The largest absolute Gasteiger partial charge is 0.186 e. The highest BCUT2D eigenvalue weighted by molar-refractivity contribution is 9.10. The Hall–Kier alpha value is 0.110. The lowest BCUT2D eigenvalue weighted by molar-refractivity contribution is 1.50. The minimum absolute atomic E-state index is 0.924. The van der Waals surface area contributed by atoms with E-state index >= 15 is 0 Å². The first-order valence-corrected chi connectivity index (χ1v) is 3.08. The summed E-state index contributed by atoms with van der Waals surface area (Å²) in [5, 5.41) is 1.92. The van der Waals surface area contributed by atoms with Gasteiger partial charge in [-0.15, -0.1) is 0 Å². The Morgan fingerprint density at radius 2 is 2.67 bits per heavy atom. The van der Waals surface area contributed by atoms with E-state index in [0.717, 1.165) is 4.60 Å². The van der Waals surface area contributed by atoms with Gasteiger partial charge in [-0.1, -0.05) is 0 Å². The van der Waals surface area contributed by atoms with Crippen molar-refractivity contribution in [1.82, 2.24) is 4.37 Å². The zero-order valence-electron chi connectivity index (χ0n) is 2.89. The van der Waals surface area contributed by atoms with Crippen molar-refractivity contribution in [3.8, 4) is 0 Å². The Kier molecular flexibility index (Phi) is 1.22. The monoisotopic (exact) mass is 163 g/mol. The zero-order chi connectivity index (χ0) is 4.41. The second-order valence-electron chi connectivity index (χ2n) is 0.822. The molecule has 0 spiro atoms. The van der Waals surface area contributed by atoms with Gasteiger partial charge in [0.1, 0.15) is 4.60 Å². The Labute approximate surface area is 48.3 Å². The minimum atomic E-state index is 0.924. The quantitative estimate of drug-likeness (QED) is 0.570. The first-order chi connectivity index (χ1) is 2.89. The van der Waals surface area contributed by atoms with E-state index in [-0.39, 0.29) is 0 Å². The molecule has 0 bridgehead atoms. The molecule has 1 aromatic heterocycles. The number of rotatable bonds is 0. The number of halogens is 1. The number of nitrogens with zero attached hydrogens (tertiary/aromatic N) is 1. The molecule has 0 saturated heterocycles. The molecule has 0 aliphatic heterocycles. The van der Waals surface area contributed by atoms with Crippen molar-refractivity contribution < 1.29 is 0 Å². The summed E-state index contributed by atoms with van der Waals surface area (Å²) in [6.45, 7) is 0. The van der Waals surface area contributed by atoms with Crippen molar-refractivity contribution in [2.75, 3.05) is 0 Å². The Morgan fingerprint density at radius 3 is 2.83 bits per heavy atom. The molecule has 0 fully saturated rings. The first-order valence-electron chi connectivity index (χ1n) is 1.45. The van der Waals surface area contributed by atoms with E-state index in [4.69, 9.17) is 0 Å². The summed E-state index contributed by atoms with van der Waals surface area (Å²) in [6, 6.07) is 1.91. The number of aromatic nitrogens is 1. The lowest BCUT2D eigenvalue weighted by atomic mass is 10.8. The second-order valence-corrected chi connectivity index (χ2v) is 2.30. The third-order valence-electron chi connectivity index (χ3n) is 0.406. The minimum Gasteiger partial charge on any atom is -0.186 e. The van der Waals surface area contributed by atoms with E-state index in [1.165, 1.54) is 11.5 Å². The maximum Gasteiger partial charge on any atom is 0.119 e. The van der Waals surface area contributed by atoms with E-state index in [2.05, 4.69) is 20.3 Å². The molecule has 3 heteroatoms. The van der Waals surface area contributed by atoms with Crippen molar-refractivity contribution >= 4 is 27.5 Å². The van der Waals surface area contributed by atoms with Gasteiger partial charge in [0.25, 0.3) is 0 Å². The highest BCUT2D eigenvalue weighted by Gasteiger charge is 1.79. The van der Waals surface area contributed by atoms with Gasteiger partial charge in [-0.05, 0) is 33.5 Å². The summed E-state index contributed by atoms with van der Waals surface area (Å²) in [4.78, 5) is 0. The molecule has 0 saturated carbocycles. The van der Waals surface area contributed by atoms with Gasteiger partial charge in [-0.2, -0.15) is 4.37 Å². The zero-order valence-corrected chi connectivity index (χ0v) is 5.29. The van der Waals surface area contributed by atoms with Crippen LogP contribution in [0.4, 0.5) is 0 Å². The van der Waals surface area contributed by atoms with Gasteiger partial charge in [0, 0.05) is 5.38 Å². The van der Waals surface area contributed by atoms with Crippen molar-refractivity contribution in [3.63, 3.8) is 0 Å². The number of hydrogen-bond donors (Lipinski definition) is 0. The SMILES string of the molecule is Brc1ccsn1. The maximum absolute atomic E-state index is 3.88. The first kappa shape index (κ1) is 4.27. The molecule has 1 rings (SSSR count). The lowest BCUT2D eigenvalue weighted by Crippen LogP contribution is -1.47. The maximum atomic E-state index is 3.88. The van der Waals surface area contributed by atoms with E-state index in [9.17, 15) is 0 Å². The molecule has 0 N–H and O–H groups in total. The van der Waals surface area contributed by atoms with Crippen LogP contribution in [0.1, 0.15) is 0 Å². The molecule has 0 aliphatic rings. The van der Waals surface area contributed by atoms with Crippen LogP contribution in [0, 0.1) is 0 Å². The molecular formula is C3H2BrNS. The lowest BCUT2D eigenvalue weighted by Gasteiger charge is -1.61. The summed E-state index contributed by atoms with van der Waals surface area (Å²) < 4.78 is 4.80. The van der Waals surface area contributed by atoms with Gasteiger partial charge in [-0.25, -0.2) is 0 Å². The standard InChI is InChI=1S/C3H2BrNS/c4-3-1-2-6-5-3/h1-2H. The van der Waals surface area contributed by atoms with E-state index < -0.39 is 0 Å². The van der Waals surface area contributed by atoms with Crippen LogP contribution in [-0.2, 0) is 0 Å². The normalized spacial score (nSPS) is 8.83. The molecule has 1 heterocycles. The van der Waals surface area contributed by atoms with Crippen LogP contribution in [-0.4, -0.2) is 4.37 Å². The van der Waals surface area contributed by atoms with Crippen molar-refractivity contribution in [1.29, 1.82) is 0 Å². The predicted molar refractivity (Wildman–Crippen MR) is 29.8 cm³/mol. The molecule has 0 atom stereocenters. The van der Waals surface area contributed by atoms with Crippen molar-refractivity contribution in [3.05, 3.63) is 16.0 Å². The fraction of sp³-hybridized carbons (Fsp3) is 0. The average molecular weight is 164 g/mol. The molecule has 0 aromatic carbocycles. The summed E-state index contributed by atoms with van der Waals surface area (Å²) in [6.07, 6.45) is 0. The molecular weight excluding hydrogens is 162 g/mol. The van der Waals surface area contributed by atoms with Crippen molar-refractivity contribution in [2.24, 2.45) is 0 Å². The molecule has 1 aromatic rings. The highest BCUT2D eigenvalue weighted by Crippen LogP contribution is 2.05. The number of hydrogen-bond acceptors (Lipinski definition) is 2. The third kappa shape index (κ3) is 0.786. The van der Waals surface area contributed by atoms with Gasteiger partial charge >= 0.3 is 0 Å². The predicted octanol–water partition coefficient (Wildman–Crippen LogP) is 1.91. The molecule has 0 unspecified atom stereocenters. The van der Waals surface area contributed by atoms with Crippen molar-refractivity contribution in [2.45, 2.75) is 0 Å². The topological polar surface area (TPSA) is 12.9 Å². The van der Waals surface area contributed by atoms with E-state index in [1.807, 2.05) is 11.4 Å². The van der Waals surface area contributed by atoms with Crippen LogP contribution in [0.2, 0.25) is 0 Å². The molecule has 0 aliphatic carbocycles. The second kappa shape index (κ2) is 1.71. The summed E-state index contributed by atoms with van der Waals surface area (Å²) >= 11 is 4.62. The van der Waals surface area contributed by atoms with Gasteiger partial charge < -0.3 is 0 Å². The van der Waals surface area contributed by atoms with Gasteiger partial charge in [0.2, 0.25) is 0 Å². The summed E-state index contributed by atoms with van der Waals surface area (Å²) in [5.74, 6) is 0.